The smallest absolute Gasteiger partial charge is 0.433 e. The van der Waals surface area contributed by atoms with Crippen LogP contribution in [0.3, 0.4) is 0 Å². The Bertz CT molecular complexity index is 522. The van der Waals surface area contributed by atoms with Crippen LogP contribution in [0.5, 0.6) is 0 Å². The van der Waals surface area contributed by atoms with Crippen LogP contribution in [-0.2, 0) is 21.1 Å². The third kappa shape index (κ3) is 3.02. The standard InChI is InChI=1S/C12H11F3N2O2/c1-3-19-10(18)11(2,7-16)8-5-4-6-9(17-8)12(13,14)15/h4-6H,3H2,1-2H3. The molecule has 1 aromatic heterocycles. The third-order valence-electron chi connectivity index (χ3n) is 2.46. The van der Waals surface area contributed by atoms with Gasteiger partial charge in [0.2, 0.25) is 0 Å². The van der Waals surface area contributed by atoms with Crippen molar-refractivity contribution in [2.45, 2.75) is 25.4 Å². The fraction of sp³-hybridized carbons (Fsp3) is 0.417. The SMILES string of the molecule is CCOC(=O)C(C)(C#N)c1cccc(C(F)(F)F)n1. The molecule has 0 saturated carbocycles. The molecular weight excluding hydrogens is 261 g/mol. The number of hydrogen-bond acceptors (Lipinski definition) is 4. The van der Waals surface area contributed by atoms with Crippen molar-refractivity contribution in [2.24, 2.45) is 0 Å². The van der Waals surface area contributed by atoms with Gasteiger partial charge < -0.3 is 4.74 Å². The normalized spacial score (nSPS) is 14.3. The fourth-order valence-electron chi connectivity index (χ4n) is 1.35. The summed E-state index contributed by atoms with van der Waals surface area (Å²) in [5, 5.41) is 9.06. The highest BCUT2D eigenvalue weighted by Gasteiger charge is 2.41. The molecule has 0 spiro atoms. The zero-order valence-corrected chi connectivity index (χ0v) is 10.3. The van der Waals surface area contributed by atoms with Crippen LogP contribution < -0.4 is 0 Å². The summed E-state index contributed by atoms with van der Waals surface area (Å²) in [5.41, 5.74) is -3.31. The summed E-state index contributed by atoms with van der Waals surface area (Å²) in [4.78, 5) is 15.0. The molecule has 7 heteroatoms. The van der Waals surface area contributed by atoms with E-state index in [2.05, 4.69) is 4.98 Å². The van der Waals surface area contributed by atoms with E-state index >= 15 is 0 Å². The van der Waals surface area contributed by atoms with Crippen LogP contribution in [0, 0.1) is 11.3 Å². The van der Waals surface area contributed by atoms with Crippen molar-refractivity contribution in [3.8, 4) is 6.07 Å². The van der Waals surface area contributed by atoms with Gasteiger partial charge in [-0.2, -0.15) is 18.4 Å². The lowest BCUT2D eigenvalue weighted by atomic mass is 9.88. The molecule has 1 aromatic rings. The number of carbonyl (C=O) groups excluding carboxylic acids is 1. The molecule has 1 heterocycles. The minimum atomic E-state index is -4.64. The Balaban J connectivity index is 3.28. The van der Waals surface area contributed by atoms with Gasteiger partial charge in [-0.1, -0.05) is 6.07 Å². The molecule has 1 unspecified atom stereocenters. The molecule has 0 aliphatic carbocycles. The van der Waals surface area contributed by atoms with E-state index in [0.29, 0.717) is 0 Å². The van der Waals surface area contributed by atoms with E-state index in [1.54, 1.807) is 6.07 Å². The number of halogens is 3. The maximum Gasteiger partial charge on any atom is 0.433 e. The van der Waals surface area contributed by atoms with E-state index in [1.165, 1.54) is 19.9 Å². The first-order chi connectivity index (χ1) is 8.75. The topological polar surface area (TPSA) is 63.0 Å². The molecule has 19 heavy (non-hydrogen) atoms. The quantitative estimate of drug-likeness (QED) is 0.793. The summed E-state index contributed by atoms with van der Waals surface area (Å²) in [5.74, 6) is -0.927. The molecule has 1 rings (SSSR count). The van der Waals surface area contributed by atoms with Gasteiger partial charge in [-0.3, -0.25) is 0 Å². The molecule has 0 N–H and O–H groups in total. The maximum absolute atomic E-state index is 12.5. The first-order valence-electron chi connectivity index (χ1n) is 5.39. The highest BCUT2D eigenvalue weighted by atomic mass is 19.4. The van der Waals surface area contributed by atoms with E-state index in [0.717, 1.165) is 12.1 Å². The second-order valence-corrected chi connectivity index (χ2v) is 3.86. The third-order valence-corrected chi connectivity index (χ3v) is 2.46. The van der Waals surface area contributed by atoms with E-state index in [9.17, 15) is 18.0 Å². The Labute approximate surface area is 107 Å². The Hall–Kier alpha value is -2.10. The number of ether oxygens (including phenoxy) is 1. The number of nitriles is 1. The summed E-state index contributed by atoms with van der Waals surface area (Å²) < 4.78 is 42.3. The van der Waals surface area contributed by atoms with Crippen LogP contribution in [0.4, 0.5) is 13.2 Å². The van der Waals surface area contributed by atoms with Crippen LogP contribution in [-0.4, -0.2) is 17.6 Å². The lowest BCUT2D eigenvalue weighted by Gasteiger charge is -2.19. The van der Waals surface area contributed by atoms with E-state index in [4.69, 9.17) is 10.00 Å². The second-order valence-electron chi connectivity index (χ2n) is 3.86. The number of rotatable bonds is 3. The average Bonchev–Trinajstić information content (AvgIpc) is 2.37. The number of hydrogen-bond donors (Lipinski definition) is 0. The number of alkyl halides is 3. The zero-order valence-electron chi connectivity index (χ0n) is 10.3. The summed E-state index contributed by atoms with van der Waals surface area (Å²) in [6, 6.07) is 4.71. The molecule has 1 atom stereocenters. The molecular formula is C12H11F3N2O2. The van der Waals surface area contributed by atoms with E-state index in [1.807, 2.05) is 0 Å². The van der Waals surface area contributed by atoms with Gasteiger partial charge in [0.15, 0.2) is 5.41 Å². The fourth-order valence-corrected chi connectivity index (χ4v) is 1.35. The molecule has 0 amide bonds. The van der Waals surface area contributed by atoms with Crippen molar-refractivity contribution in [3.63, 3.8) is 0 Å². The number of nitrogens with zero attached hydrogens (tertiary/aromatic N) is 2. The van der Waals surface area contributed by atoms with Gasteiger partial charge in [-0.15, -0.1) is 0 Å². The van der Waals surface area contributed by atoms with Crippen LogP contribution in [0.15, 0.2) is 18.2 Å². The van der Waals surface area contributed by atoms with E-state index in [-0.39, 0.29) is 12.3 Å². The van der Waals surface area contributed by atoms with Gasteiger partial charge in [0, 0.05) is 0 Å². The van der Waals surface area contributed by atoms with Gasteiger partial charge in [0.05, 0.1) is 18.4 Å². The Kier molecular flexibility index (Phi) is 4.14. The Morgan fingerprint density at radius 2 is 2.00 bits per heavy atom. The largest absolute Gasteiger partial charge is 0.465 e. The predicted octanol–water partition coefficient (Wildman–Crippen LogP) is 2.44. The Morgan fingerprint density at radius 3 is 2.47 bits per heavy atom. The molecule has 0 aliphatic heterocycles. The summed E-state index contributed by atoms with van der Waals surface area (Å²) >= 11 is 0. The highest BCUT2D eigenvalue weighted by Crippen LogP contribution is 2.30. The first-order valence-corrected chi connectivity index (χ1v) is 5.39. The minimum absolute atomic E-state index is 0.0229. The van der Waals surface area contributed by atoms with Crippen LogP contribution in [0.25, 0.3) is 0 Å². The average molecular weight is 272 g/mol. The van der Waals surface area contributed by atoms with Crippen molar-refractivity contribution in [2.75, 3.05) is 6.61 Å². The molecule has 0 bridgehead atoms. The summed E-state index contributed by atoms with van der Waals surface area (Å²) in [7, 11) is 0. The first kappa shape index (κ1) is 15.0. The van der Waals surface area contributed by atoms with Crippen LogP contribution >= 0.6 is 0 Å². The van der Waals surface area contributed by atoms with Gasteiger partial charge in [0.1, 0.15) is 5.69 Å². The zero-order chi connectivity index (χ0) is 14.7. The number of esters is 1. The lowest BCUT2D eigenvalue weighted by Crippen LogP contribution is -2.34. The number of carbonyl (C=O) groups is 1. The van der Waals surface area contributed by atoms with Crippen molar-refractivity contribution in [3.05, 3.63) is 29.6 Å². The van der Waals surface area contributed by atoms with Crippen LogP contribution in [0.2, 0.25) is 0 Å². The molecule has 0 aromatic carbocycles. The Morgan fingerprint density at radius 1 is 1.42 bits per heavy atom. The second kappa shape index (κ2) is 5.26. The van der Waals surface area contributed by atoms with Gasteiger partial charge >= 0.3 is 12.1 Å². The molecule has 102 valence electrons. The predicted molar refractivity (Wildman–Crippen MR) is 58.8 cm³/mol. The monoisotopic (exact) mass is 272 g/mol. The molecule has 0 radical (unpaired) electrons. The van der Waals surface area contributed by atoms with E-state index < -0.39 is 23.3 Å². The number of pyridine rings is 1. The van der Waals surface area contributed by atoms with Crippen molar-refractivity contribution in [1.82, 2.24) is 4.98 Å². The molecule has 0 aliphatic rings. The molecule has 0 saturated heterocycles. The minimum Gasteiger partial charge on any atom is -0.465 e. The van der Waals surface area contributed by atoms with Gasteiger partial charge in [-0.05, 0) is 26.0 Å². The number of aromatic nitrogens is 1. The van der Waals surface area contributed by atoms with Gasteiger partial charge in [0.25, 0.3) is 0 Å². The van der Waals surface area contributed by atoms with Crippen molar-refractivity contribution < 1.29 is 22.7 Å². The lowest BCUT2D eigenvalue weighted by molar-refractivity contribution is -0.148. The molecule has 0 fully saturated rings. The van der Waals surface area contributed by atoms with Crippen LogP contribution in [0.1, 0.15) is 25.2 Å². The van der Waals surface area contributed by atoms with Crippen molar-refractivity contribution in [1.29, 1.82) is 5.26 Å². The maximum atomic E-state index is 12.5. The van der Waals surface area contributed by atoms with Crippen molar-refractivity contribution >= 4 is 5.97 Å². The summed E-state index contributed by atoms with van der Waals surface area (Å²) in [6.07, 6.45) is -4.64. The highest BCUT2D eigenvalue weighted by molar-refractivity contribution is 5.85. The summed E-state index contributed by atoms with van der Waals surface area (Å²) in [6.45, 7) is 2.73. The van der Waals surface area contributed by atoms with Gasteiger partial charge in [-0.25, -0.2) is 9.78 Å². The molecule has 4 nitrogen and oxygen atoms in total.